The van der Waals surface area contributed by atoms with Crippen LogP contribution in [0, 0.1) is 0 Å². The number of Topliss-reactive ketones (excluding diaryl/α,β-unsaturated/α-hetero) is 1. The SMILES string of the molecule is CC(=O)c1cccc(OCC(=O)NCCN2C(=O)SC(=Cc3ccc(Cl)c(Cl)c3)C2=O)c1. The summed E-state index contributed by atoms with van der Waals surface area (Å²) >= 11 is 12.7. The normalized spacial score (nSPS) is 14.7. The van der Waals surface area contributed by atoms with Crippen molar-refractivity contribution < 1.29 is 23.9 Å². The molecule has 7 nitrogen and oxygen atoms in total. The number of carbonyl (C=O) groups is 4. The number of rotatable bonds is 8. The zero-order chi connectivity index (χ0) is 23.3. The van der Waals surface area contributed by atoms with Crippen LogP contribution in [0.3, 0.4) is 0 Å². The number of carbonyl (C=O) groups excluding carboxylic acids is 4. The number of ether oxygens (including phenoxy) is 1. The van der Waals surface area contributed by atoms with Gasteiger partial charge < -0.3 is 10.1 Å². The van der Waals surface area contributed by atoms with E-state index in [-0.39, 0.29) is 30.4 Å². The van der Waals surface area contributed by atoms with Gasteiger partial charge in [-0.3, -0.25) is 24.1 Å². The summed E-state index contributed by atoms with van der Waals surface area (Å²) in [5.41, 5.74) is 1.13. The summed E-state index contributed by atoms with van der Waals surface area (Å²) < 4.78 is 5.38. The topological polar surface area (TPSA) is 92.8 Å². The van der Waals surface area contributed by atoms with Crippen molar-refractivity contribution in [2.45, 2.75) is 6.92 Å². The van der Waals surface area contributed by atoms with Gasteiger partial charge in [-0.05, 0) is 54.6 Å². The zero-order valence-corrected chi connectivity index (χ0v) is 19.2. The van der Waals surface area contributed by atoms with Gasteiger partial charge >= 0.3 is 0 Å². The molecule has 166 valence electrons. The first-order chi connectivity index (χ1) is 15.2. The third-order valence-corrected chi connectivity index (χ3v) is 6.03. The first-order valence-electron chi connectivity index (χ1n) is 9.45. The number of ketones is 1. The first-order valence-corrected chi connectivity index (χ1v) is 11.0. The van der Waals surface area contributed by atoms with Crippen LogP contribution in [-0.2, 0) is 9.59 Å². The molecule has 1 aliphatic heterocycles. The van der Waals surface area contributed by atoms with E-state index in [0.717, 1.165) is 16.7 Å². The van der Waals surface area contributed by atoms with Crippen LogP contribution in [0.2, 0.25) is 10.0 Å². The summed E-state index contributed by atoms with van der Waals surface area (Å²) in [6.07, 6.45) is 1.56. The third-order valence-electron chi connectivity index (χ3n) is 4.38. The van der Waals surface area contributed by atoms with Crippen LogP contribution in [0.25, 0.3) is 6.08 Å². The Morgan fingerprint density at radius 3 is 2.62 bits per heavy atom. The maximum atomic E-state index is 12.5. The molecule has 0 saturated carbocycles. The van der Waals surface area contributed by atoms with Gasteiger partial charge in [-0.2, -0.15) is 0 Å². The molecule has 0 unspecified atom stereocenters. The highest BCUT2D eigenvalue weighted by Crippen LogP contribution is 2.33. The molecule has 10 heteroatoms. The van der Waals surface area contributed by atoms with Crippen LogP contribution in [0.15, 0.2) is 47.4 Å². The van der Waals surface area contributed by atoms with Gasteiger partial charge in [0.15, 0.2) is 12.4 Å². The highest BCUT2D eigenvalue weighted by atomic mass is 35.5. The molecule has 3 amide bonds. The van der Waals surface area contributed by atoms with E-state index in [1.54, 1.807) is 48.5 Å². The van der Waals surface area contributed by atoms with E-state index in [9.17, 15) is 19.2 Å². The average Bonchev–Trinajstić information content (AvgIpc) is 3.02. The number of amides is 3. The maximum Gasteiger partial charge on any atom is 0.293 e. The van der Waals surface area contributed by atoms with Crippen molar-refractivity contribution in [3.63, 3.8) is 0 Å². The van der Waals surface area contributed by atoms with Gasteiger partial charge in [0, 0.05) is 18.7 Å². The Morgan fingerprint density at radius 2 is 1.91 bits per heavy atom. The molecule has 0 bridgehead atoms. The smallest absolute Gasteiger partial charge is 0.293 e. The number of thioether (sulfide) groups is 1. The molecule has 0 aromatic heterocycles. The molecule has 0 radical (unpaired) electrons. The Morgan fingerprint density at radius 1 is 1.12 bits per heavy atom. The Kier molecular flexibility index (Phi) is 7.95. The molecule has 1 heterocycles. The van der Waals surface area contributed by atoms with E-state index in [1.807, 2.05) is 0 Å². The second kappa shape index (κ2) is 10.7. The lowest BCUT2D eigenvalue weighted by Crippen LogP contribution is -2.38. The Labute approximate surface area is 198 Å². The van der Waals surface area contributed by atoms with Crippen molar-refractivity contribution in [1.82, 2.24) is 10.2 Å². The first kappa shape index (κ1) is 23.8. The average molecular weight is 493 g/mol. The van der Waals surface area contributed by atoms with Crippen LogP contribution in [0.5, 0.6) is 5.75 Å². The summed E-state index contributed by atoms with van der Waals surface area (Å²) in [5.74, 6) is -0.578. The van der Waals surface area contributed by atoms with E-state index >= 15 is 0 Å². The lowest BCUT2D eigenvalue weighted by Gasteiger charge is -2.13. The quantitative estimate of drug-likeness (QED) is 0.432. The molecule has 0 atom stereocenters. The monoisotopic (exact) mass is 492 g/mol. The van der Waals surface area contributed by atoms with Crippen LogP contribution in [0.4, 0.5) is 4.79 Å². The minimum absolute atomic E-state index is 0.0228. The van der Waals surface area contributed by atoms with Crippen molar-refractivity contribution in [2.24, 2.45) is 0 Å². The summed E-state index contributed by atoms with van der Waals surface area (Å²) in [4.78, 5) is 49.5. The van der Waals surface area contributed by atoms with Crippen molar-refractivity contribution in [3.8, 4) is 5.75 Å². The summed E-state index contributed by atoms with van der Waals surface area (Å²) in [5, 5.41) is 2.91. The zero-order valence-electron chi connectivity index (χ0n) is 16.9. The summed E-state index contributed by atoms with van der Waals surface area (Å²) in [6, 6.07) is 11.4. The van der Waals surface area contributed by atoms with Crippen LogP contribution < -0.4 is 10.1 Å². The van der Waals surface area contributed by atoms with Gasteiger partial charge in [-0.25, -0.2) is 0 Å². The Bertz CT molecular complexity index is 1120. The van der Waals surface area contributed by atoms with Gasteiger partial charge in [0.1, 0.15) is 5.75 Å². The molecule has 1 fully saturated rings. The van der Waals surface area contributed by atoms with Crippen LogP contribution in [-0.4, -0.2) is 47.4 Å². The number of hydrogen-bond donors (Lipinski definition) is 1. The standard InChI is InChI=1S/C22H18Cl2N2O5S/c1-13(27)15-3-2-4-16(11-15)31-12-20(28)25-7-8-26-21(29)19(32-22(26)30)10-14-5-6-17(23)18(24)9-14/h2-6,9-11H,7-8,12H2,1H3,(H,25,28). The van der Waals surface area contributed by atoms with E-state index in [0.29, 0.717) is 26.9 Å². The summed E-state index contributed by atoms with van der Waals surface area (Å²) in [6.45, 7) is 1.28. The molecule has 2 aromatic rings. The van der Waals surface area contributed by atoms with E-state index in [2.05, 4.69) is 5.32 Å². The van der Waals surface area contributed by atoms with E-state index in [1.165, 1.54) is 6.92 Å². The Balaban J connectivity index is 1.49. The second-order valence-electron chi connectivity index (χ2n) is 6.73. The fourth-order valence-electron chi connectivity index (χ4n) is 2.76. The minimum atomic E-state index is -0.447. The molecule has 1 aliphatic rings. The van der Waals surface area contributed by atoms with Gasteiger partial charge in [0.25, 0.3) is 17.1 Å². The van der Waals surface area contributed by atoms with Crippen LogP contribution >= 0.6 is 35.0 Å². The predicted molar refractivity (Wildman–Crippen MR) is 124 cm³/mol. The van der Waals surface area contributed by atoms with Crippen molar-refractivity contribution >= 4 is 63.9 Å². The maximum absolute atomic E-state index is 12.5. The Hall–Kier alpha value is -2.81. The fourth-order valence-corrected chi connectivity index (χ4v) is 3.93. The van der Waals surface area contributed by atoms with Gasteiger partial charge in [-0.1, -0.05) is 41.4 Å². The number of imide groups is 1. The van der Waals surface area contributed by atoms with Crippen molar-refractivity contribution in [2.75, 3.05) is 19.7 Å². The fraction of sp³-hybridized carbons (Fsp3) is 0.182. The molecule has 0 aliphatic carbocycles. The van der Waals surface area contributed by atoms with E-state index in [4.69, 9.17) is 27.9 Å². The molecular formula is C22H18Cl2N2O5S. The van der Waals surface area contributed by atoms with Gasteiger partial charge in [0.05, 0.1) is 15.0 Å². The lowest BCUT2D eigenvalue weighted by atomic mass is 10.1. The number of hydrogen-bond acceptors (Lipinski definition) is 6. The van der Waals surface area contributed by atoms with Gasteiger partial charge in [-0.15, -0.1) is 0 Å². The minimum Gasteiger partial charge on any atom is -0.484 e. The molecule has 3 rings (SSSR count). The molecule has 2 aromatic carbocycles. The third kappa shape index (κ3) is 6.12. The van der Waals surface area contributed by atoms with Gasteiger partial charge in [0.2, 0.25) is 0 Å². The largest absolute Gasteiger partial charge is 0.484 e. The number of halogens is 2. The molecular weight excluding hydrogens is 475 g/mol. The number of nitrogens with zero attached hydrogens (tertiary/aromatic N) is 1. The molecule has 32 heavy (non-hydrogen) atoms. The lowest BCUT2D eigenvalue weighted by molar-refractivity contribution is -0.125. The highest BCUT2D eigenvalue weighted by molar-refractivity contribution is 8.18. The molecule has 0 spiro atoms. The summed E-state index contributed by atoms with van der Waals surface area (Å²) in [7, 11) is 0. The number of nitrogens with one attached hydrogen (secondary N) is 1. The molecule has 1 N–H and O–H groups in total. The second-order valence-corrected chi connectivity index (χ2v) is 8.54. The highest BCUT2D eigenvalue weighted by Gasteiger charge is 2.34. The van der Waals surface area contributed by atoms with Crippen molar-refractivity contribution in [1.29, 1.82) is 0 Å². The van der Waals surface area contributed by atoms with Crippen LogP contribution in [0.1, 0.15) is 22.8 Å². The predicted octanol–water partition coefficient (Wildman–Crippen LogP) is 4.43. The molecule has 1 saturated heterocycles. The van der Waals surface area contributed by atoms with Crippen molar-refractivity contribution in [3.05, 3.63) is 68.5 Å². The number of benzene rings is 2. The van der Waals surface area contributed by atoms with E-state index < -0.39 is 17.1 Å².